The summed E-state index contributed by atoms with van der Waals surface area (Å²) in [7, 11) is 0. The van der Waals surface area contributed by atoms with Gasteiger partial charge >= 0.3 is 0 Å². The highest BCUT2D eigenvalue weighted by molar-refractivity contribution is 7.18. The van der Waals surface area contributed by atoms with Gasteiger partial charge in [0.1, 0.15) is 22.3 Å². The molecule has 0 aromatic carbocycles. The second-order valence-electron chi connectivity index (χ2n) is 10.1. The summed E-state index contributed by atoms with van der Waals surface area (Å²) in [6.45, 7) is 11.9. The summed E-state index contributed by atoms with van der Waals surface area (Å²) in [5, 5.41) is 10.2. The second-order valence-corrected chi connectivity index (χ2v) is 11.3. The molecule has 0 amide bonds. The Hall–Kier alpha value is -2.58. The van der Waals surface area contributed by atoms with E-state index in [4.69, 9.17) is 9.97 Å². The maximum atomic E-state index is 5.20. The number of hydrogen-bond donors (Lipinski definition) is 0. The molecule has 7 nitrogen and oxygen atoms in total. The van der Waals surface area contributed by atoms with Crippen molar-refractivity contribution in [1.82, 2.24) is 29.5 Å². The molecule has 34 heavy (non-hydrogen) atoms. The van der Waals surface area contributed by atoms with Crippen molar-refractivity contribution in [3.63, 3.8) is 0 Å². The van der Waals surface area contributed by atoms with Crippen LogP contribution >= 0.6 is 11.3 Å². The summed E-state index contributed by atoms with van der Waals surface area (Å²) in [4.78, 5) is 17.7. The van der Waals surface area contributed by atoms with Gasteiger partial charge in [0.25, 0.3) is 0 Å². The van der Waals surface area contributed by atoms with E-state index in [2.05, 4.69) is 57.4 Å². The highest BCUT2D eigenvalue weighted by atomic mass is 32.1. The van der Waals surface area contributed by atoms with Crippen LogP contribution in [0.5, 0.6) is 0 Å². The number of anilines is 1. The monoisotopic (exact) mass is 475 g/mol. The number of rotatable bonds is 4. The fourth-order valence-electron chi connectivity index (χ4n) is 5.48. The standard InChI is InChI=1S/C26H33N7S/c1-17-7-12-31(13-8-17)16-21-27-25(23-18(2)19(3)34-26(23)28-21)32-14-9-20(10-15-32)24-30-29-22-6-4-5-11-33(22)24/h4-6,11,17,20H,7-10,12-16H2,1-3H3. The van der Waals surface area contributed by atoms with Crippen molar-refractivity contribution >= 4 is 33.0 Å². The average Bonchev–Trinajstić information content (AvgIpc) is 3.41. The normalized spacial score (nSPS) is 19.0. The SMILES string of the molecule is Cc1sc2nc(CN3CCC(C)CC3)nc(N3CCC(c4nnc5ccccn45)CC3)c2c1C. The van der Waals surface area contributed by atoms with Crippen molar-refractivity contribution < 1.29 is 0 Å². The Morgan fingerprint density at radius 2 is 1.76 bits per heavy atom. The van der Waals surface area contributed by atoms with Gasteiger partial charge in [0.2, 0.25) is 0 Å². The first-order chi connectivity index (χ1) is 16.6. The molecule has 2 saturated heterocycles. The maximum absolute atomic E-state index is 5.20. The quantitative estimate of drug-likeness (QED) is 0.415. The maximum Gasteiger partial charge on any atom is 0.160 e. The number of piperidine rings is 2. The van der Waals surface area contributed by atoms with Gasteiger partial charge in [0.05, 0.1) is 11.9 Å². The van der Waals surface area contributed by atoms with Crippen LogP contribution in [-0.2, 0) is 6.54 Å². The van der Waals surface area contributed by atoms with Crippen molar-refractivity contribution in [2.45, 2.75) is 58.9 Å². The van der Waals surface area contributed by atoms with Gasteiger partial charge in [-0.2, -0.15) is 0 Å². The van der Waals surface area contributed by atoms with Crippen LogP contribution < -0.4 is 4.90 Å². The molecule has 0 bridgehead atoms. The van der Waals surface area contributed by atoms with E-state index in [1.54, 1.807) is 0 Å². The minimum atomic E-state index is 0.422. The molecule has 0 atom stereocenters. The third kappa shape index (κ3) is 3.96. The van der Waals surface area contributed by atoms with Crippen LogP contribution in [0, 0.1) is 19.8 Å². The minimum absolute atomic E-state index is 0.422. The molecule has 0 saturated carbocycles. The summed E-state index contributed by atoms with van der Waals surface area (Å²) in [5.74, 6) is 4.46. The highest BCUT2D eigenvalue weighted by Crippen LogP contribution is 2.38. The molecule has 6 heterocycles. The van der Waals surface area contributed by atoms with E-state index < -0.39 is 0 Å². The average molecular weight is 476 g/mol. The molecule has 6 rings (SSSR count). The van der Waals surface area contributed by atoms with Crippen LogP contribution in [0.2, 0.25) is 0 Å². The molecule has 0 radical (unpaired) electrons. The van der Waals surface area contributed by atoms with E-state index in [0.29, 0.717) is 5.92 Å². The van der Waals surface area contributed by atoms with Crippen LogP contribution in [0.1, 0.15) is 60.6 Å². The Bertz CT molecular complexity index is 1310. The molecule has 0 spiro atoms. The zero-order valence-electron chi connectivity index (χ0n) is 20.4. The number of fused-ring (bicyclic) bond motifs is 2. The van der Waals surface area contributed by atoms with Gasteiger partial charge in [0, 0.05) is 30.1 Å². The van der Waals surface area contributed by atoms with Crippen molar-refractivity contribution in [3.8, 4) is 0 Å². The van der Waals surface area contributed by atoms with E-state index in [1.165, 1.54) is 28.7 Å². The number of hydrogen-bond acceptors (Lipinski definition) is 7. The lowest BCUT2D eigenvalue weighted by Gasteiger charge is -2.33. The number of pyridine rings is 1. The van der Waals surface area contributed by atoms with Gasteiger partial charge in [-0.1, -0.05) is 13.0 Å². The van der Waals surface area contributed by atoms with Gasteiger partial charge in [-0.25, -0.2) is 9.97 Å². The first kappa shape index (κ1) is 21.9. The number of nitrogens with zero attached hydrogens (tertiary/aromatic N) is 7. The van der Waals surface area contributed by atoms with Gasteiger partial charge in [-0.3, -0.25) is 9.30 Å². The predicted molar refractivity (Wildman–Crippen MR) is 138 cm³/mol. The van der Waals surface area contributed by atoms with Crippen LogP contribution in [0.4, 0.5) is 5.82 Å². The van der Waals surface area contributed by atoms with Crippen LogP contribution in [0.3, 0.4) is 0 Å². The summed E-state index contributed by atoms with van der Waals surface area (Å²) >= 11 is 1.82. The van der Waals surface area contributed by atoms with Gasteiger partial charge < -0.3 is 4.90 Å². The number of aryl methyl sites for hydroxylation is 2. The number of thiophene rings is 1. The molecule has 4 aromatic heterocycles. The van der Waals surface area contributed by atoms with Gasteiger partial charge in [-0.05, 0) is 76.2 Å². The van der Waals surface area contributed by atoms with E-state index in [1.807, 2.05) is 23.5 Å². The molecule has 4 aromatic rings. The number of likely N-dealkylation sites (tertiary alicyclic amines) is 1. The van der Waals surface area contributed by atoms with Crippen LogP contribution in [0.25, 0.3) is 15.9 Å². The molecule has 0 N–H and O–H groups in total. The number of aromatic nitrogens is 5. The molecular formula is C26H33N7S. The molecule has 0 unspecified atom stereocenters. The lowest BCUT2D eigenvalue weighted by molar-refractivity contribution is 0.181. The van der Waals surface area contributed by atoms with E-state index >= 15 is 0 Å². The zero-order chi connectivity index (χ0) is 23.2. The Kier molecular flexibility index (Phi) is 5.73. The topological polar surface area (TPSA) is 62.5 Å². The van der Waals surface area contributed by atoms with Gasteiger partial charge in [-0.15, -0.1) is 21.5 Å². The zero-order valence-corrected chi connectivity index (χ0v) is 21.2. The summed E-state index contributed by atoms with van der Waals surface area (Å²) in [5.41, 5.74) is 2.26. The molecule has 2 aliphatic rings. The minimum Gasteiger partial charge on any atom is -0.356 e. The van der Waals surface area contributed by atoms with Crippen molar-refractivity contribution in [2.24, 2.45) is 5.92 Å². The Morgan fingerprint density at radius 3 is 2.56 bits per heavy atom. The van der Waals surface area contributed by atoms with Crippen LogP contribution in [0.15, 0.2) is 24.4 Å². The third-order valence-corrected chi connectivity index (χ3v) is 8.90. The van der Waals surface area contributed by atoms with E-state index in [9.17, 15) is 0 Å². The second kappa shape index (κ2) is 8.89. The lowest BCUT2D eigenvalue weighted by atomic mass is 9.95. The molecular weight excluding hydrogens is 442 g/mol. The first-order valence-corrected chi connectivity index (χ1v) is 13.4. The fraction of sp³-hybridized carbons (Fsp3) is 0.538. The summed E-state index contributed by atoms with van der Waals surface area (Å²) in [6.07, 6.45) is 6.75. The fourth-order valence-corrected chi connectivity index (χ4v) is 6.52. The van der Waals surface area contributed by atoms with Gasteiger partial charge in [0.15, 0.2) is 5.65 Å². The largest absolute Gasteiger partial charge is 0.356 e. The van der Waals surface area contributed by atoms with Crippen molar-refractivity contribution in [1.29, 1.82) is 0 Å². The highest BCUT2D eigenvalue weighted by Gasteiger charge is 2.28. The van der Waals surface area contributed by atoms with Crippen molar-refractivity contribution in [2.75, 3.05) is 31.1 Å². The first-order valence-electron chi connectivity index (χ1n) is 12.6. The van der Waals surface area contributed by atoms with E-state index in [-0.39, 0.29) is 0 Å². The predicted octanol–water partition coefficient (Wildman–Crippen LogP) is 4.97. The summed E-state index contributed by atoms with van der Waals surface area (Å²) < 4.78 is 2.15. The Balaban J connectivity index is 1.26. The Labute approximate surface area is 204 Å². The molecule has 0 aliphatic carbocycles. The molecule has 8 heteroatoms. The van der Waals surface area contributed by atoms with E-state index in [0.717, 1.165) is 79.4 Å². The molecule has 2 aliphatic heterocycles. The third-order valence-electron chi connectivity index (χ3n) is 7.80. The molecule has 178 valence electrons. The smallest absolute Gasteiger partial charge is 0.160 e. The lowest BCUT2D eigenvalue weighted by Crippen LogP contribution is -2.35. The molecule has 2 fully saturated rings. The van der Waals surface area contributed by atoms with Crippen molar-refractivity contribution in [3.05, 3.63) is 46.5 Å². The Morgan fingerprint density at radius 1 is 0.971 bits per heavy atom. The van der Waals surface area contributed by atoms with Crippen LogP contribution in [-0.4, -0.2) is 55.6 Å². The summed E-state index contributed by atoms with van der Waals surface area (Å²) in [6, 6.07) is 6.10.